The molecule has 110 valence electrons. The molecular formula is C14H22N4OS. The van der Waals surface area contributed by atoms with Crippen LogP contribution in [0.25, 0.3) is 0 Å². The molecule has 2 fully saturated rings. The number of piperidine rings is 1. The number of hydrogen-bond donors (Lipinski definition) is 1. The van der Waals surface area contributed by atoms with Gasteiger partial charge in [0, 0.05) is 24.5 Å². The van der Waals surface area contributed by atoms with E-state index in [1.54, 1.807) is 0 Å². The Labute approximate surface area is 123 Å². The second-order valence-corrected chi connectivity index (χ2v) is 7.63. The summed E-state index contributed by atoms with van der Waals surface area (Å²) < 4.78 is 4.00. The smallest absolute Gasteiger partial charge is 0.267 e. The lowest BCUT2D eigenvalue weighted by atomic mass is 9.91. The average molecular weight is 294 g/mol. The van der Waals surface area contributed by atoms with Crippen molar-refractivity contribution in [3.63, 3.8) is 0 Å². The van der Waals surface area contributed by atoms with E-state index in [-0.39, 0.29) is 11.3 Å². The fraction of sp³-hybridized carbons (Fsp3) is 0.786. The first-order valence-corrected chi connectivity index (χ1v) is 8.09. The minimum absolute atomic E-state index is 0.112. The van der Waals surface area contributed by atoms with E-state index in [4.69, 9.17) is 0 Å². The summed E-state index contributed by atoms with van der Waals surface area (Å²) in [6.07, 6.45) is 2.45. The van der Waals surface area contributed by atoms with Crippen LogP contribution in [0.4, 0.5) is 0 Å². The molecule has 0 aromatic carbocycles. The zero-order valence-electron chi connectivity index (χ0n) is 12.3. The highest BCUT2D eigenvalue weighted by Crippen LogP contribution is 2.30. The SMILES string of the molecule is CC(C)(C)c1nnsc1C(=O)N1CC2CCCNC2C1. The van der Waals surface area contributed by atoms with Crippen molar-refractivity contribution in [3.05, 3.63) is 10.6 Å². The molecular weight excluding hydrogens is 272 g/mol. The third-order valence-electron chi connectivity index (χ3n) is 4.28. The Morgan fingerprint density at radius 1 is 1.40 bits per heavy atom. The van der Waals surface area contributed by atoms with E-state index in [0.717, 1.165) is 30.2 Å². The summed E-state index contributed by atoms with van der Waals surface area (Å²) in [5.74, 6) is 0.729. The number of aromatic nitrogens is 2. The highest BCUT2D eigenvalue weighted by Gasteiger charge is 2.38. The van der Waals surface area contributed by atoms with Gasteiger partial charge in [-0.15, -0.1) is 5.10 Å². The van der Waals surface area contributed by atoms with Gasteiger partial charge in [0.1, 0.15) is 4.88 Å². The van der Waals surface area contributed by atoms with Crippen LogP contribution in [-0.2, 0) is 5.41 Å². The zero-order valence-corrected chi connectivity index (χ0v) is 13.2. The second-order valence-electron chi connectivity index (χ2n) is 6.87. The molecule has 1 amide bonds. The molecule has 2 aliphatic heterocycles. The summed E-state index contributed by atoms with van der Waals surface area (Å²) in [6, 6.07) is 0.478. The van der Waals surface area contributed by atoms with Crippen molar-refractivity contribution in [1.82, 2.24) is 19.8 Å². The van der Waals surface area contributed by atoms with Crippen molar-refractivity contribution < 1.29 is 4.79 Å². The minimum Gasteiger partial charge on any atom is -0.336 e. The summed E-state index contributed by atoms with van der Waals surface area (Å²) in [5.41, 5.74) is 0.693. The molecule has 0 aliphatic carbocycles. The summed E-state index contributed by atoms with van der Waals surface area (Å²) >= 11 is 1.23. The molecule has 3 rings (SSSR count). The zero-order chi connectivity index (χ0) is 14.3. The minimum atomic E-state index is -0.136. The van der Waals surface area contributed by atoms with Crippen LogP contribution in [-0.4, -0.2) is 46.1 Å². The highest BCUT2D eigenvalue weighted by molar-refractivity contribution is 7.08. The van der Waals surface area contributed by atoms with Crippen LogP contribution in [0.15, 0.2) is 0 Å². The van der Waals surface area contributed by atoms with Gasteiger partial charge in [0.15, 0.2) is 0 Å². The van der Waals surface area contributed by atoms with Crippen molar-refractivity contribution in [2.45, 2.75) is 45.1 Å². The summed E-state index contributed by atoms with van der Waals surface area (Å²) in [4.78, 5) is 15.5. The predicted octanol–water partition coefficient (Wildman–Crippen LogP) is 1.66. The monoisotopic (exact) mass is 294 g/mol. The molecule has 2 atom stereocenters. The first-order valence-electron chi connectivity index (χ1n) is 7.32. The highest BCUT2D eigenvalue weighted by atomic mass is 32.1. The molecule has 3 heterocycles. The van der Waals surface area contributed by atoms with Crippen LogP contribution in [0.3, 0.4) is 0 Å². The molecule has 6 heteroatoms. The molecule has 2 unspecified atom stereocenters. The molecule has 2 saturated heterocycles. The summed E-state index contributed by atoms with van der Waals surface area (Å²) in [7, 11) is 0. The molecule has 1 N–H and O–H groups in total. The van der Waals surface area contributed by atoms with Crippen molar-refractivity contribution in [2.24, 2.45) is 5.92 Å². The van der Waals surface area contributed by atoms with E-state index in [1.165, 1.54) is 24.4 Å². The van der Waals surface area contributed by atoms with Gasteiger partial charge in [-0.1, -0.05) is 25.3 Å². The van der Waals surface area contributed by atoms with Crippen molar-refractivity contribution in [1.29, 1.82) is 0 Å². The van der Waals surface area contributed by atoms with E-state index in [9.17, 15) is 4.79 Å². The van der Waals surface area contributed by atoms with Gasteiger partial charge in [-0.25, -0.2) is 0 Å². The molecule has 1 aromatic rings. The van der Waals surface area contributed by atoms with Crippen LogP contribution in [0, 0.1) is 5.92 Å². The lowest BCUT2D eigenvalue weighted by molar-refractivity contribution is 0.0787. The first kappa shape index (κ1) is 13.9. The maximum absolute atomic E-state index is 12.7. The number of rotatable bonds is 1. The average Bonchev–Trinajstić information content (AvgIpc) is 3.03. The summed E-state index contributed by atoms with van der Waals surface area (Å²) in [5, 5.41) is 7.71. The van der Waals surface area contributed by atoms with Gasteiger partial charge >= 0.3 is 0 Å². The fourth-order valence-electron chi connectivity index (χ4n) is 3.18. The Bertz CT molecular complexity index is 494. The Hall–Kier alpha value is -1.01. The number of nitrogens with zero attached hydrogens (tertiary/aromatic N) is 3. The Kier molecular flexibility index (Phi) is 3.54. The number of carbonyl (C=O) groups is 1. The predicted molar refractivity (Wildman–Crippen MR) is 79.0 cm³/mol. The van der Waals surface area contributed by atoms with Gasteiger partial charge in [0.05, 0.1) is 5.69 Å². The van der Waals surface area contributed by atoms with Gasteiger partial charge in [0.25, 0.3) is 5.91 Å². The number of hydrogen-bond acceptors (Lipinski definition) is 5. The van der Waals surface area contributed by atoms with E-state index < -0.39 is 0 Å². The summed E-state index contributed by atoms with van der Waals surface area (Å²) in [6.45, 7) is 9.00. The van der Waals surface area contributed by atoms with Crippen LogP contribution >= 0.6 is 11.5 Å². The van der Waals surface area contributed by atoms with Crippen molar-refractivity contribution >= 4 is 17.4 Å². The fourth-order valence-corrected chi connectivity index (χ4v) is 4.02. The number of amides is 1. The molecule has 20 heavy (non-hydrogen) atoms. The van der Waals surface area contributed by atoms with E-state index in [0.29, 0.717) is 12.0 Å². The second kappa shape index (κ2) is 5.07. The molecule has 0 saturated carbocycles. The lowest BCUT2D eigenvalue weighted by Gasteiger charge is -2.24. The van der Waals surface area contributed by atoms with Gasteiger partial charge in [-0.3, -0.25) is 4.79 Å². The molecule has 1 aromatic heterocycles. The van der Waals surface area contributed by atoms with Crippen molar-refractivity contribution in [2.75, 3.05) is 19.6 Å². The largest absolute Gasteiger partial charge is 0.336 e. The Balaban J connectivity index is 1.79. The van der Waals surface area contributed by atoms with E-state index in [2.05, 4.69) is 35.7 Å². The van der Waals surface area contributed by atoms with E-state index >= 15 is 0 Å². The van der Waals surface area contributed by atoms with Crippen molar-refractivity contribution in [3.8, 4) is 0 Å². The Morgan fingerprint density at radius 3 is 2.90 bits per heavy atom. The lowest BCUT2D eigenvalue weighted by Crippen LogP contribution is -2.41. The topological polar surface area (TPSA) is 58.1 Å². The van der Waals surface area contributed by atoms with Crippen LogP contribution in [0.2, 0.25) is 0 Å². The molecule has 5 nitrogen and oxygen atoms in total. The van der Waals surface area contributed by atoms with Gasteiger partial charge in [0.2, 0.25) is 0 Å². The standard InChI is InChI=1S/C14H22N4OS/c1-14(2,3)12-11(20-17-16-12)13(19)18-7-9-5-4-6-15-10(9)8-18/h9-10,15H,4-8H2,1-3H3. The molecule has 0 spiro atoms. The van der Waals surface area contributed by atoms with Gasteiger partial charge in [-0.05, 0) is 36.8 Å². The maximum Gasteiger partial charge on any atom is 0.267 e. The third-order valence-corrected chi connectivity index (χ3v) is 4.99. The number of carbonyl (C=O) groups excluding carboxylic acids is 1. The number of nitrogens with one attached hydrogen (secondary N) is 1. The van der Waals surface area contributed by atoms with Crippen LogP contribution in [0.5, 0.6) is 0 Å². The maximum atomic E-state index is 12.7. The Morgan fingerprint density at radius 2 is 2.20 bits per heavy atom. The van der Waals surface area contributed by atoms with Gasteiger partial charge < -0.3 is 10.2 Å². The molecule has 2 aliphatic rings. The normalized spacial score (nSPS) is 26.6. The van der Waals surface area contributed by atoms with Crippen LogP contribution < -0.4 is 5.32 Å². The number of fused-ring (bicyclic) bond motifs is 1. The molecule has 0 bridgehead atoms. The van der Waals surface area contributed by atoms with Crippen LogP contribution in [0.1, 0.15) is 49.0 Å². The van der Waals surface area contributed by atoms with E-state index in [1.807, 2.05) is 4.90 Å². The quantitative estimate of drug-likeness (QED) is 0.856. The van der Waals surface area contributed by atoms with Gasteiger partial charge in [-0.2, -0.15) is 0 Å². The first-order chi connectivity index (χ1) is 9.47. The third kappa shape index (κ3) is 2.46. The molecule has 0 radical (unpaired) electrons. The number of likely N-dealkylation sites (tertiary alicyclic amines) is 1.